The summed E-state index contributed by atoms with van der Waals surface area (Å²) in [6.45, 7) is 5.69. The van der Waals surface area contributed by atoms with Crippen LogP contribution in [0.2, 0.25) is 0 Å². The van der Waals surface area contributed by atoms with E-state index in [2.05, 4.69) is 17.6 Å². The van der Waals surface area contributed by atoms with Crippen molar-refractivity contribution in [3.63, 3.8) is 0 Å². The lowest BCUT2D eigenvalue weighted by atomic mass is 10.2. The van der Waals surface area contributed by atoms with Crippen LogP contribution in [0, 0.1) is 0 Å². The van der Waals surface area contributed by atoms with Crippen molar-refractivity contribution < 1.29 is 4.79 Å². The van der Waals surface area contributed by atoms with E-state index in [0.29, 0.717) is 12.1 Å². The van der Waals surface area contributed by atoms with Gasteiger partial charge in [-0.15, -0.1) is 0 Å². The number of amides is 1. The molecule has 0 unspecified atom stereocenters. The normalized spacial score (nSPS) is 9.88. The van der Waals surface area contributed by atoms with Gasteiger partial charge in [-0.05, 0) is 31.5 Å². The van der Waals surface area contributed by atoms with Crippen LogP contribution in [0.1, 0.15) is 37.0 Å². The topological polar surface area (TPSA) is 41.1 Å². The maximum absolute atomic E-state index is 11.6. The standard InChI is InChI=1S/C13H20N2O/c1-3-5-9-15-12-8-6-7-11(10-12)13(16)14-4-2/h6-8,10,15H,3-5,9H2,1-2H3,(H,14,16). The molecule has 0 spiro atoms. The molecule has 0 radical (unpaired) electrons. The summed E-state index contributed by atoms with van der Waals surface area (Å²) in [5.74, 6) is -0.0124. The molecule has 3 nitrogen and oxygen atoms in total. The molecule has 0 aliphatic rings. The SMILES string of the molecule is CCCCNc1cccc(C(=O)NCC)c1. The molecule has 0 aliphatic heterocycles. The van der Waals surface area contributed by atoms with Gasteiger partial charge in [0.05, 0.1) is 0 Å². The average molecular weight is 220 g/mol. The zero-order valence-electron chi connectivity index (χ0n) is 10.0. The van der Waals surface area contributed by atoms with E-state index in [0.717, 1.165) is 18.7 Å². The van der Waals surface area contributed by atoms with E-state index in [1.54, 1.807) is 0 Å². The third kappa shape index (κ3) is 3.93. The van der Waals surface area contributed by atoms with Crippen LogP contribution < -0.4 is 10.6 Å². The van der Waals surface area contributed by atoms with Crippen molar-refractivity contribution in [3.05, 3.63) is 29.8 Å². The van der Waals surface area contributed by atoms with E-state index in [1.807, 2.05) is 31.2 Å². The number of hydrogen-bond acceptors (Lipinski definition) is 2. The van der Waals surface area contributed by atoms with Crippen LogP contribution in [-0.4, -0.2) is 19.0 Å². The third-order valence-corrected chi connectivity index (χ3v) is 2.32. The molecule has 88 valence electrons. The maximum atomic E-state index is 11.6. The van der Waals surface area contributed by atoms with Crippen LogP contribution >= 0.6 is 0 Å². The van der Waals surface area contributed by atoms with Crippen molar-refractivity contribution in [2.75, 3.05) is 18.4 Å². The zero-order valence-corrected chi connectivity index (χ0v) is 10.0. The van der Waals surface area contributed by atoms with Crippen LogP contribution in [0.4, 0.5) is 5.69 Å². The van der Waals surface area contributed by atoms with Crippen LogP contribution in [-0.2, 0) is 0 Å². The molecule has 1 amide bonds. The number of anilines is 1. The Labute approximate surface area is 97.2 Å². The molecular weight excluding hydrogens is 200 g/mol. The fourth-order valence-corrected chi connectivity index (χ4v) is 1.44. The summed E-state index contributed by atoms with van der Waals surface area (Å²) in [6.07, 6.45) is 2.31. The van der Waals surface area contributed by atoms with Gasteiger partial charge in [0.15, 0.2) is 0 Å². The lowest BCUT2D eigenvalue weighted by Gasteiger charge is -2.07. The van der Waals surface area contributed by atoms with Gasteiger partial charge in [-0.25, -0.2) is 0 Å². The van der Waals surface area contributed by atoms with Gasteiger partial charge < -0.3 is 10.6 Å². The van der Waals surface area contributed by atoms with Crippen LogP contribution in [0.25, 0.3) is 0 Å². The average Bonchev–Trinajstić information content (AvgIpc) is 2.30. The summed E-state index contributed by atoms with van der Waals surface area (Å²) >= 11 is 0. The minimum Gasteiger partial charge on any atom is -0.385 e. The third-order valence-electron chi connectivity index (χ3n) is 2.32. The first-order valence-electron chi connectivity index (χ1n) is 5.90. The lowest BCUT2D eigenvalue weighted by molar-refractivity contribution is 0.0956. The minimum absolute atomic E-state index is 0.0124. The van der Waals surface area contributed by atoms with Gasteiger partial charge in [-0.3, -0.25) is 4.79 Å². The number of hydrogen-bond donors (Lipinski definition) is 2. The number of nitrogens with one attached hydrogen (secondary N) is 2. The molecule has 2 N–H and O–H groups in total. The zero-order chi connectivity index (χ0) is 11.8. The molecule has 0 aromatic heterocycles. The molecule has 0 saturated carbocycles. The molecule has 0 saturated heterocycles. The van der Waals surface area contributed by atoms with Crippen molar-refractivity contribution in [2.45, 2.75) is 26.7 Å². The van der Waals surface area contributed by atoms with Crippen LogP contribution in [0.5, 0.6) is 0 Å². The largest absolute Gasteiger partial charge is 0.385 e. The number of rotatable bonds is 6. The molecule has 16 heavy (non-hydrogen) atoms. The summed E-state index contributed by atoms with van der Waals surface area (Å²) in [5.41, 5.74) is 1.72. The Morgan fingerprint density at radius 2 is 2.12 bits per heavy atom. The fraction of sp³-hybridized carbons (Fsp3) is 0.462. The molecule has 0 fully saturated rings. The summed E-state index contributed by atoms with van der Waals surface area (Å²) in [6, 6.07) is 7.61. The highest BCUT2D eigenvalue weighted by molar-refractivity contribution is 5.95. The summed E-state index contributed by atoms with van der Waals surface area (Å²) in [7, 11) is 0. The van der Waals surface area contributed by atoms with Gasteiger partial charge >= 0.3 is 0 Å². The van der Waals surface area contributed by atoms with E-state index in [4.69, 9.17) is 0 Å². The number of unbranched alkanes of at least 4 members (excludes halogenated alkanes) is 1. The molecule has 0 aliphatic carbocycles. The molecule has 1 aromatic carbocycles. The van der Waals surface area contributed by atoms with E-state index in [-0.39, 0.29) is 5.91 Å². The monoisotopic (exact) mass is 220 g/mol. The van der Waals surface area contributed by atoms with Crippen molar-refractivity contribution in [1.82, 2.24) is 5.32 Å². The molecule has 0 bridgehead atoms. The first kappa shape index (κ1) is 12.6. The van der Waals surface area contributed by atoms with Crippen molar-refractivity contribution in [1.29, 1.82) is 0 Å². The van der Waals surface area contributed by atoms with Crippen molar-refractivity contribution in [3.8, 4) is 0 Å². The quantitative estimate of drug-likeness (QED) is 0.724. The summed E-state index contributed by atoms with van der Waals surface area (Å²) in [5, 5.41) is 6.09. The van der Waals surface area contributed by atoms with Crippen LogP contribution in [0.3, 0.4) is 0 Å². The highest BCUT2D eigenvalue weighted by Crippen LogP contribution is 2.10. The maximum Gasteiger partial charge on any atom is 0.251 e. The second kappa shape index (κ2) is 6.88. The Kier molecular flexibility index (Phi) is 5.40. The summed E-state index contributed by atoms with van der Waals surface area (Å²) in [4.78, 5) is 11.6. The lowest BCUT2D eigenvalue weighted by Crippen LogP contribution is -2.22. The van der Waals surface area contributed by atoms with Gasteiger partial charge in [0.1, 0.15) is 0 Å². The first-order valence-corrected chi connectivity index (χ1v) is 5.90. The molecular formula is C13H20N2O. The highest BCUT2D eigenvalue weighted by Gasteiger charge is 2.03. The minimum atomic E-state index is -0.0124. The van der Waals surface area contributed by atoms with Crippen LogP contribution in [0.15, 0.2) is 24.3 Å². The molecule has 1 aromatic rings. The number of carbonyl (C=O) groups is 1. The van der Waals surface area contributed by atoms with E-state index in [9.17, 15) is 4.79 Å². The van der Waals surface area contributed by atoms with E-state index < -0.39 is 0 Å². The fourth-order valence-electron chi connectivity index (χ4n) is 1.44. The highest BCUT2D eigenvalue weighted by atomic mass is 16.1. The molecule has 0 atom stereocenters. The smallest absolute Gasteiger partial charge is 0.251 e. The van der Waals surface area contributed by atoms with Crippen molar-refractivity contribution in [2.24, 2.45) is 0 Å². The Hall–Kier alpha value is -1.51. The first-order chi connectivity index (χ1) is 7.77. The van der Waals surface area contributed by atoms with Gasteiger partial charge in [-0.1, -0.05) is 19.4 Å². The number of benzene rings is 1. The molecule has 1 rings (SSSR count). The second-order valence-corrected chi connectivity index (χ2v) is 3.72. The second-order valence-electron chi connectivity index (χ2n) is 3.72. The molecule has 3 heteroatoms. The van der Waals surface area contributed by atoms with Crippen molar-refractivity contribution >= 4 is 11.6 Å². The van der Waals surface area contributed by atoms with E-state index in [1.165, 1.54) is 6.42 Å². The number of carbonyl (C=O) groups excluding carboxylic acids is 1. The summed E-state index contributed by atoms with van der Waals surface area (Å²) < 4.78 is 0. The Morgan fingerprint density at radius 1 is 1.31 bits per heavy atom. The Morgan fingerprint density at radius 3 is 2.81 bits per heavy atom. The molecule has 0 heterocycles. The Balaban J connectivity index is 2.60. The Bertz CT molecular complexity index is 336. The predicted molar refractivity (Wildman–Crippen MR) is 67.8 cm³/mol. The predicted octanol–water partition coefficient (Wildman–Crippen LogP) is 2.65. The van der Waals surface area contributed by atoms with Gasteiger partial charge in [0.25, 0.3) is 5.91 Å². The van der Waals surface area contributed by atoms with Gasteiger partial charge in [0.2, 0.25) is 0 Å². The van der Waals surface area contributed by atoms with Gasteiger partial charge in [0, 0.05) is 24.3 Å². The van der Waals surface area contributed by atoms with E-state index >= 15 is 0 Å². The van der Waals surface area contributed by atoms with Gasteiger partial charge in [-0.2, -0.15) is 0 Å².